The predicted octanol–water partition coefficient (Wildman–Crippen LogP) is 2.70. The van der Waals surface area contributed by atoms with E-state index in [1.165, 1.54) is 18.7 Å². The van der Waals surface area contributed by atoms with Crippen molar-refractivity contribution >= 4 is 5.82 Å². The van der Waals surface area contributed by atoms with Crippen LogP contribution >= 0.6 is 0 Å². The van der Waals surface area contributed by atoms with E-state index < -0.39 is 5.82 Å². The number of nitriles is 1. The Balaban J connectivity index is 1.72. The average Bonchev–Trinajstić information content (AvgIpc) is 2.68. The van der Waals surface area contributed by atoms with Crippen LogP contribution in [0.2, 0.25) is 0 Å². The minimum Gasteiger partial charge on any atom is -0.351 e. The average molecular weight is 366 g/mol. The van der Waals surface area contributed by atoms with Gasteiger partial charge in [0.1, 0.15) is 17.5 Å². The summed E-state index contributed by atoms with van der Waals surface area (Å²) < 4.78 is 14.4. The number of hydrogen-bond acceptors (Lipinski definition) is 6. The zero-order chi connectivity index (χ0) is 19.0. The minimum atomic E-state index is -0.534. The number of hydrogen-bond donors (Lipinski definition) is 0. The fourth-order valence-electron chi connectivity index (χ4n) is 4.25. The minimum absolute atomic E-state index is 0.163. The number of likely N-dealkylation sites (N-methyl/N-ethyl adjacent to an activating group) is 1. The monoisotopic (exact) mass is 366 g/mol. The maximum absolute atomic E-state index is 14.4. The van der Waals surface area contributed by atoms with Gasteiger partial charge in [0.25, 0.3) is 0 Å². The third-order valence-corrected chi connectivity index (χ3v) is 5.66. The Morgan fingerprint density at radius 3 is 2.81 bits per heavy atom. The first kappa shape index (κ1) is 17.8. The van der Waals surface area contributed by atoms with E-state index in [0.29, 0.717) is 11.7 Å². The van der Waals surface area contributed by atoms with Crippen molar-refractivity contribution in [3.63, 3.8) is 0 Å². The van der Waals surface area contributed by atoms with E-state index in [1.807, 2.05) is 13.0 Å². The van der Waals surface area contributed by atoms with Crippen LogP contribution in [0.5, 0.6) is 0 Å². The first-order valence-electron chi connectivity index (χ1n) is 9.46. The second-order valence-corrected chi connectivity index (χ2v) is 7.50. The number of aromatic nitrogens is 3. The molecule has 1 saturated heterocycles. The summed E-state index contributed by atoms with van der Waals surface area (Å²) in [5, 5.41) is 17.8. The number of anilines is 1. The molecule has 0 saturated carbocycles. The highest BCUT2D eigenvalue weighted by molar-refractivity contribution is 5.66. The molecule has 6 nitrogen and oxygen atoms in total. The molecular weight excluding hydrogens is 343 g/mol. The van der Waals surface area contributed by atoms with Crippen LogP contribution in [0, 0.1) is 24.1 Å². The molecule has 1 atom stereocenters. The van der Waals surface area contributed by atoms with Gasteiger partial charge in [0, 0.05) is 30.9 Å². The van der Waals surface area contributed by atoms with Crippen LogP contribution in [0.3, 0.4) is 0 Å². The molecule has 4 rings (SSSR count). The second kappa shape index (κ2) is 7.20. The number of piperidine rings is 1. The molecular formula is C20H23FN6. The lowest BCUT2D eigenvalue weighted by Gasteiger charge is -2.41. The van der Waals surface area contributed by atoms with E-state index in [1.54, 1.807) is 0 Å². The largest absolute Gasteiger partial charge is 0.351 e. The lowest BCUT2D eigenvalue weighted by molar-refractivity contribution is 0.242. The van der Waals surface area contributed by atoms with Gasteiger partial charge in [0.05, 0.1) is 5.56 Å². The van der Waals surface area contributed by atoms with Crippen LogP contribution in [0.1, 0.15) is 36.0 Å². The molecule has 0 unspecified atom stereocenters. The Labute approximate surface area is 158 Å². The Kier molecular flexibility index (Phi) is 4.75. The number of halogens is 1. The lowest BCUT2D eigenvalue weighted by Crippen LogP contribution is -2.49. The molecule has 0 bridgehead atoms. The molecule has 140 valence electrons. The van der Waals surface area contributed by atoms with Crippen LogP contribution in [0.25, 0.3) is 11.4 Å². The molecule has 0 spiro atoms. The third kappa shape index (κ3) is 3.26. The Bertz CT molecular complexity index is 906. The van der Waals surface area contributed by atoms with Gasteiger partial charge in [-0.05, 0) is 57.8 Å². The number of nitrogens with zero attached hydrogens (tertiary/aromatic N) is 6. The van der Waals surface area contributed by atoms with E-state index in [2.05, 4.69) is 32.0 Å². The van der Waals surface area contributed by atoms with E-state index in [-0.39, 0.29) is 11.3 Å². The van der Waals surface area contributed by atoms with Crippen LogP contribution in [0.4, 0.5) is 10.2 Å². The smallest absolute Gasteiger partial charge is 0.155 e. The molecule has 7 heteroatoms. The van der Waals surface area contributed by atoms with Gasteiger partial charge in [0.15, 0.2) is 11.6 Å². The SMILES string of the molecule is Cc1c(-c2ncc(C#N)cc2F)nnc2c1CCCN2[C@@H]1CCCN(C)C1. The number of pyridine rings is 1. The highest BCUT2D eigenvalue weighted by Crippen LogP contribution is 2.34. The molecule has 1 fully saturated rings. The zero-order valence-corrected chi connectivity index (χ0v) is 15.7. The van der Waals surface area contributed by atoms with Crippen molar-refractivity contribution in [3.05, 3.63) is 34.8 Å². The summed E-state index contributed by atoms with van der Waals surface area (Å²) in [5.74, 6) is 0.407. The maximum atomic E-state index is 14.4. The maximum Gasteiger partial charge on any atom is 0.155 e. The van der Waals surface area contributed by atoms with E-state index in [0.717, 1.165) is 55.8 Å². The van der Waals surface area contributed by atoms with Crippen LogP contribution in [-0.4, -0.2) is 52.8 Å². The molecule has 2 aliphatic heterocycles. The molecule has 4 heterocycles. The van der Waals surface area contributed by atoms with E-state index in [4.69, 9.17) is 5.26 Å². The van der Waals surface area contributed by atoms with Gasteiger partial charge >= 0.3 is 0 Å². The molecule has 2 aromatic heterocycles. The topological polar surface area (TPSA) is 68.9 Å². The highest BCUT2D eigenvalue weighted by Gasteiger charge is 2.30. The third-order valence-electron chi connectivity index (χ3n) is 5.66. The zero-order valence-electron chi connectivity index (χ0n) is 15.7. The number of rotatable bonds is 2. The van der Waals surface area contributed by atoms with E-state index in [9.17, 15) is 4.39 Å². The molecule has 2 aromatic rings. The molecule has 0 aromatic carbocycles. The first-order valence-corrected chi connectivity index (χ1v) is 9.46. The summed E-state index contributed by atoms with van der Waals surface area (Å²) in [6.07, 6.45) is 5.71. The van der Waals surface area contributed by atoms with Crippen LogP contribution < -0.4 is 4.90 Å². The van der Waals surface area contributed by atoms with Crippen molar-refractivity contribution in [2.24, 2.45) is 0 Å². The Morgan fingerprint density at radius 2 is 2.07 bits per heavy atom. The summed E-state index contributed by atoms with van der Waals surface area (Å²) in [6, 6.07) is 3.56. The van der Waals surface area contributed by atoms with Gasteiger partial charge in [0.2, 0.25) is 0 Å². The number of fused-ring (bicyclic) bond motifs is 1. The summed E-state index contributed by atoms with van der Waals surface area (Å²) in [6.45, 7) is 5.14. The van der Waals surface area contributed by atoms with Gasteiger partial charge in [-0.2, -0.15) is 5.26 Å². The van der Waals surface area contributed by atoms with Crippen molar-refractivity contribution in [2.45, 2.75) is 38.6 Å². The fraction of sp³-hybridized carbons (Fsp3) is 0.500. The van der Waals surface area contributed by atoms with E-state index >= 15 is 0 Å². The molecule has 27 heavy (non-hydrogen) atoms. The lowest BCUT2D eigenvalue weighted by atomic mass is 9.95. The van der Waals surface area contributed by atoms with Crippen molar-refractivity contribution in [2.75, 3.05) is 31.6 Å². The van der Waals surface area contributed by atoms with Crippen molar-refractivity contribution in [3.8, 4) is 17.5 Å². The van der Waals surface area contributed by atoms with Gasteiger partial charge in [-0.25, -0.2) is 4.39 Å². The summed E-state index contributed by atoms with van der Waals surface area (Å²) in [7, 11) is 2.16. The molecule has 0 radical (unpaired) electrons. The Hall–Kier alpha value is -2.59. The van der Waals surface area contributed by atoms with Crippen molar-refractivity contribution in [1.29, 1.82) is 5.26 Å². The molecule has 0 N–H and O–H groups in total. The quantitative estimate of drug-likeness (QED) is 0.814. The highest BCUT2D eigenvalue weighted by atomic mass is 19.1. The van der Waals surface area contributed by atoms with Gasteiger partial charge < -0.3 is 9.80 Å². The van der Waals surface area contributed by atoms with Crippen molar-refractivity contribution < 1.29 is 4.39 Å². The predicted molar refractivity (Wildman–Crippen MR) is 101 cm³/mol. The summed E-state index contributed by atoms with van der Waals surface area (Å²) in [4.78, 5) is 8.89. The fourth-order valence-corrected chi connectivity index (χ4v) is 4.25. The van der Waals surface area contributed by atoms with Gasteiger partial charge in [-0.15, -0.1) is 10.2 Å². The summed E-state index contributed by atoms with van der Waals surface area (Å²) >= 11 is 0. The Morgan fingerprint density at radius 1 is 1.22 bits per heavy atom. The van der Waals surface area contributed by atoms with Crippen molar-refractivity contribution in [1.82, 2.24) is 20.1 Å². The summed E-state index contributed by atoms with van der Waals surface area (Å²) in [5.41, 5.74) is 2.91. The first-order chi connectivity index (χ1) is 13.1. The molecule has 2 aliphatic rings. The molecule has 0 amide bonds. The second-order valence-electron chi connectivity index (χ2n) is 7.50. The normalized spacial score (nSPS) is 20.2. The van der Waals surface area contributed by atoms with Crippen LogP contribution in [-0.2, 0) is 6.42 Å². The van der Waals surface area contributed by atoms with Gasteiger partial charge in [-0.3, -0.25) is 4.98 Å². The standard InChI is InChI=1S/C20H23FN6/c1-13-16-6-4-8-27(15-5-3-7-26(2)12-15)20(16)25-24-18(13)19-17(21)9-14(10-22)11-23-19/h9,11,15H,3-8,12H2,1-2H3/t15-/m1/s1. The van der Waals surface area contributed by atoms with Gasteiger partial charge in [-0.1, -0.05) is 0 Å². The number of likely N-dealkylation sites (tertiary alicyclic amines) is 1. The molecule has 0 aliphatic carbocycles. The van der Waals surface area contributed by atoms with Crippen LogP contribution in [0.15, 0.2) is 12.3 Å².